The molecule has 1 rings (SSSR count). The highest BCUT2D eigenvalue weighted by atomic mass is 35.5. The zero-order valence-corrected chi connectivity index (χ0v) is 8.80. The molecular weight excluding hydrogens is 199 g/mol. The third kappa shape index (κ3) is 2.11. The molecule has 0 aliphatic heterocycles. The van der Waals surface area contributed by atoms with Crippen molar-refractivity contribution in [2.45, 2.75) is 19.2 Å². The molecule has 0 amide bonds. The van der Waals surface area contributed by atoms with Crippen LogP contribution in [0, 0.1) is 5.92 Å². The van der Waals surface area contributed by atoms with Crippen LogP contribution in [0.1, 0.15) is 24.1 Å². The molecule has 0 aliphatic rings. The highest BCUT2D eigenvalue weighted by Crippen LogP contribution is 2.37. The second-order valence-electron chi connectivity index (χ2n) is 2.78. The van der Waals surface area contributed by atoms with E-state index in [1.165, 1.54) is 0 Å². The molecule has 1 heterocycles. The van der Waals surface area contributed by atoms with E-state index in [0.717, 1.165) is 9.90 Å². The number of hydrogen-bond donors (Lipinski definition) is 0. The summed E-state index contributed by atoms with van der Waals surface area (Å²) in [6.45, 7) is 4.18. The lowest BCUT2D eigenvalue weighted by atomic mass is 10.1. The van der Waals surface area contributed by atoms with E-state index in [4.69, 9.17) is 23.2 Å². The lowest BCUT2D eigenvalue weighted by Gasteiger charge is -2.11. The Kier molecular flexibility index (Phi) is 3.23. The minimum atomic E-state index is 0.0579. The molecule has 1 aromatic rings. The second-order valence-corrected chi connectivity index (χ2v) is 4.60. The van der Waals surface area contributed by atoms with E-state index >= 15 is 0 Å². The second kappa shape index (κ2) is 3.79. The first-order valence-electron chi connectivity index (χ1n) is 3.50. The molecule has 0 fully saturated rings. The Morgan fingerprint density at radius 3 is 2.45 bits per heavy atom. The van der Waals surface area contributed by atoms with Crippen LogP contribution in [0.2, 0.25) is 5.02 Å². The van der Waals surface area contributed by atoms with Crippen LogP contribution in [0.25, 0.3) is 0 Å². The smallest absolute Gasteiger partial charge is 0.0716 e. The number of alkyl halides is 1. The van der Waals surface area contributed by atoms with E-state index < -0.39 is 0 Å². The fourth-order valence-corrected chi connectivity index (χ4v) is 2.46. The van der Waals surface area contributed by atoms with Crippen molar-refractivity contribution in [1.82, 2.24) is 0 Å². The Morgan fingerprint density at radius 1 is 1.45 bits per heavy atom. The van der Waals surface area contributed by atoms with Crippen LogP contribution >= 0.6 is 34.5 Å². The van der Waals surface area contributed by atoms with Crippen molar-refractivity contribution in [2.24, 2.45) is 5.92 Å². The predicted octanol–water partition coefficient (Wildman–Crippen LogP) is 4.34. The topological polar surface area (TPSA) is 0 Å². The molecule has 0 bridgehead atoms. The zero-order chi connectivity index (χ0) is 8.43. The summed E-state index contributed by atoms with van der Waals surface area (Å²) >= 11 is 13.6. The molecule has 1 atom stereocenters. The van der Waals surface area contributed by atoms with Crippen LogP contribution in [0.5, 0.6) is 0 Å². The van der Waals surface area contributed by atoms with Gasteiger partial charge in [0.2, 0.25) is 0 Å². The van der Waals surface area contributed by atoms with Gasteiger partial charge < -0.3 is 0 Å². The number of halogens is 2. The van der Waals surface area contributed by atoms with Crippen molar-refractivity contribution < 1.29 is 0 Å². The quantitative estimate of drug-likeness (QED) is 0.635. The van der Waals surface area contributed by atoms with Crippen molar-refractivity contribution in [3.63, 3.8) is 0 Å². The molecule has 0 aromatic carbocycles. The molecule has 1 unspecified atom stereocenters. The van der Waals surface area contributed by atoms with Crippen LogP contribution in [0.15, 0.2) is 11.4 Å². The minimum absolute atomic E-state index is 0.0579. The van der Waals surface area contributed by atoms with E-state index in [0.29, 0.717) is 5.92 Å². The van der Waals surface area contributed by atoms with E-state index in [1.807, 2.05) is 11.4 Å². The first kappa shape index (κ1) is 9.37. The van der Waals surface area contributed by atoms with E-state index in [9.17, 15) is 0 Å². The zero-order valence-electron chi connectivity index (χ0n) is 6.47. The van der Waals surface area contributed by atoms with Gasteiger partial charge >= 0.3 is 0 Å². The Balaban J connectivity index is 2.84. The third-order valence-electron chi connectivity index (χ3n) is 1.48. The van der Waals surface area contributed by atoms with E-state index in [2.05, 4.69) is 13.8 Å². The summed E-state index contributed by atoms with van der Waals surface area (Å²) in [7, 11) is 0. The fourth-order valence-electron chi connectivity index (χ4n) is 0.805. The molecule has 3 heteroatoms. The molecule has 0 saturated carbocycles. The van der Waals surface area contributed by atoms with Gasteiger partial charge in [0.25, 0.3) is 0 Å². The van der Waals surface area contributed by atoms with Crippen LogP contribution in [0.4, 0.5) is 0 Å². The van der Waals surface area contributed by atoms with Gasteiger partial charge in [-0.3, -0.25) is 0 Å². The summed E-state index contributed by atoms with van der Waals surface area (Å²) in [5.41, 5.74) is 0. The van der Waals surface area contributed by atoms with Crippen LogP contribution < -0.4 is 0 Å². The van der Waals surface area contributed by atoms with E-state index in [-0.39, 0.29) is 5.38 Å². The molecule has 0 N–H and O–H groups in total. The van der Waals surface area contributed by atoms with Crippen molar-refractivity contribution in [1.29, 1.82) is 0 Å². The maximum atomic E-state index is 6.11. The van der Waals surface area contributed by atoms with E-state index in [1.54, 1.807) is 11.3 Å². The fraction of sp³-hybridized carbons (Fsp3) is 0.500. The minimum Gasteiger partial charge on any atom is -0.146 e. The first-order valence-corrected chi connectivity index (χ1v) is 5.19. The lowest BCUT2D eigenvalue weighted by Crippen LogP contribution is -1.96. The predicted molar refractivity (Wildman–Crippen MR) is 52.8 cm³/mol. The molecule has 0 spiro atoms. The SMILES string of the molecule is CC(C)C(Cl)c1sccc1Cl. The molecule has 0 aliphatic carbocycles. The van der Waals surface area contributed by atoms with Gasteiger partial charge in [-0.1, -0.05) is 25.4 Å². The summed E-state index contributed by atoms with van der Waals surface area (Å²) < 4.78 is 0. The highest BCUT2D eigenvalue weighted by Gasteiger charge is 2.16. The molecular formula is C8H10Cl2S. The Hall–Kier alpha value is 0.280. The van der Waals surface area contributed by atoms with Crippen molar-refractivity contribution in [2.75, 3.05) is 0 Å². The third-order valence-corrected chi connectivity index (χ3v) is 3.77. The Bertz CT molecular complexity index is 230. The van der Waals surface area contributed by atoms with Crippen LogP contribution in [-0.2, 0) is 0 Å². The summed E-state index contributed by atoms with van der Waals surface area (Å²) in [5, 5.41) is 2.82. The monoisotopic (exact) mass is 208 g/mol. The average Bonchev–Trinajstić information content (AvgIpc) is 2.33. The van der Waals surface area contributed by atoms with Gasteiger partial charge in [0.15, 0.2) is 0 Å². The van der Waals surface area contributed by atoms with Gasteiger partial charge in [-0.15, -0.1) is 22.9 Å². The number of thiophene rings is 1. The Labute approximate surface area is 81.1 Å². The summed E-state index contributed by atoms with van der Waals surface area (Å²) in [6.07, 6.45) is 0. The molecule has 62 valence electrons. The summed E-state index contributed by atoms with van der Waals surface area (Å²) in [5.74, 6) is 0.438. The molecule has 11 heavy (non-hydrogen) atoms. The summed E-state index contributed by atoms with van der Waals surface area (Å²) in [4.78, 5) is 1.09. The maximum absolute atomic E-state index is 6.11. The van der Waals surface area contributed by atoms with Gasteiger partial charge in [0, 0.05) is 4.88 Å². The van der Waals surface area contributed by atoms with Crippen molar-refractivity contribution >= 4 is 34.5 Å². The Morgan fingerprint density at radius 2 is 2.09 bits per heavy atom. The average molecular weight is 209 g/mol. The molecule has 0 nitrogen and oxygen atoms in total. The number of hydrogen-bond acceptors (Lipinski definition) is 1. The van der Waals surface area contributed by atoms with Gasteiger partial charge in [-0.2, -0.15) is 0 Å². The van der Waals surface area contributed by atoms with Gasteiger partial charge in [-0.05, 0) is 17.4 Å². The van der Waals surface area contributed by atoms with Crippen LogP contribution in [0.3, 0.4) is 0 Å². The number of rotatable bonds is 2. The molecule has 0 saturated heterocycles. The largest absolute Gasteiger partial charge is 0.146 e. The molecule has 0 radical (unpaired) electrons. The standard InChI is InChI=1S/C8H10Cl2S/c1-5(2)7(10)8-6(9)3-4-11-8/h3-5,7H,1-2H3. The maximum Gasteiger partial charge on any atom is 0.0716 e. The van der Waals surface area contributed by atoms with Gasteiger partial charge in [0.05, 0.1) is 10.4 Å². The lowest BCUT2D eigenvalue weighted by molar-refractivity contribution is 0.631. The van der Waals surface area contributed by atoms with Gasteiger partial charge in [0.1, 0.15) is 0 Å². The molecule has 1 aromatic heterocycles. The normalized spacial score (nSPS) is 13.9. The van der Waals surface area contributed by atoms with Crippen molar-refractivity contribution in [3.05, 3.63) is 21.3 Å². The van der Waals surface area contributed by atoms with Crippen LogP contribution in [-0.4, -0.2) is 0 Å². The van der Waals surface area contributed by atoms with Gasteiger partial charge in [-0.25, -0.2) is 0 Å². The highest BCUT2D eigenvalue weighted by molar-refractivity contribution is 7.11. The first-order chi connectivity index (χ1) is 5.13. The summed E-state index contributed by atoms with van der Waals surface area (Å²) in [6, 6.07) is 1.89. The van der Waals surface area contributed by atoms with Crippen molar-refractivity contribution in [3.8, 4) is 0 Å².